The molecule has 0 fully saturated rings. The molecule has 1 aliphatic rings. The zero-order chi connectivity index (χ0) is 25.2. The van der Waals surface area contributed by atoms with Crippen LogP contribution in [-0.4, -0.2) is 54.6 Å². The Morgan fingerprint density at radius 2 is 1.97 bits per heavy atom. The van der Waals surface area contributed by atoms with Crippen molar-refractivity contribution in [3.8, 4) is 28.1 Å². The van der Waals surface area contributed by atoms with Gasteiger partial charge in [-0.05, 0) is 86.1 Å². The van der Waals surface area contributed by atoms with Crippen LogP contribution in [0.1, 0.15) is 12.0 Å². The molecule has 5 rings (SSSR count). The average Bonchev–Trinajstić information content (AvgIpc) is 3.29. The van der Waals surface area contributed by atoms with Gasteiger partial charge in [0, 0.05) is 35.9 Å². The van der Waals surface area contributed by atoms with E-state index in [0.717, 1.165) is 69.8 Å². The monoisotopic (exact) mass is 500 g/mol. The minimum absolute atomic E-state index is 0.0863. The molecule has 4 aromatic rings. The summed E-state index contributed by atoms with van der Waals surface area (Å²) in [5.74, 6) is 0.735. The first kappa shape index (κ1) is 24.1. The molecule has 36 heavy (non-hydrogen) atoms. The number of aryl methyl sites for hydroxylation is 1. The molecular formula is C29H29ClN4O2. The number of hydrogen-bond acceptors (Lipinski definition) is 4. The Kier molecular flexibility index (Phi) is 6.81. The number of carbonyl (C=O) groups excluding carboxylic acids is 1. The van der Waals surface area contributed by atoms with Crippen LogP contribution in [0, 0.1) is 0 Å². The first-order chi connectivity index (χ1) is 17.5. The van der Waals surface area contributed by atoms with Crippen LogP contribution >= 0.6 is 11.6 Å². The van der Waals surface area contributed by atoms with Crippen LogP contribution in [0.25, 0.3) is 33.4 Å². The van der Waals surface area contributed by atoms with Crippen molar-refractivity contribution >= 4 is 34.2 Å². The van der Waals surface area contributed by atoms with E-state index >= 15 is 0 Å². The molecule has 1 amide bonds. The first-order valence-electron chi connectivity index (χ1n) is 12.1. The second-order valence-electron chi connectivity index (χ2n) is 9.21. The predicted molar refractivity (Wildman–Crippen MR) is 147 cm³/mol. The number of carbonyl (C=O) groups is 1. The summed E-state index contributed by atoms with van der Waals surface area (Å²) >= 11 is 6.70. The summed E-state index contributed by atoms with van der Waals surface area (Å²) in [5.41, 5.74) is 6.65. The molecule has 1 aliphatic heterocycles. The van der Waals surface area contributed by atoms with Crippen LogP contribution in [0.4, 0.5) is 5.69 Å². The second-order valence-corrected chi connectivity index (χ2v) is 9.62. The number of aromatic nitrogens is 2. The lowest BCUT2D eigenvalue weighted by Gasteiger charge is -2.29. The van der Waals surface area contributed by atoms with Crippen LogP contribution in [-0.2, 0) is 11.2 Å². The van der Waals surface area contributed by atoms with E-state index in [1.54, 1.807) is 12.3 Å². The van der Waals surface area contributed by atoms with Gasteiger partial charge in [0.1, 0.15) is 18.0 Å². The number of aromatic amines is 1. The number of halogens is 1. The predicted octanol–water partition coefficient (Wildman–Crippen LogP) is 5.96. The van der Waals surface area contributed by atoms with Crippen LogP contribution < -0.4 is 9.64 Å². The van der Waals surface area contributed by atoms with Gasteiger partial charge in [0.2, 0.25) is 5.91 Å². The molecule has 1 N–H and O–H groups in total. The molecule has 0 unspecified atom stereocenters. The van der Waals surface area contributed by atoms with Crippen molar-refractivity contribution in [1.82, 2.24) is 14.9 Å². The Hall–Kier alpha value is -3.61. The smallest absolute Gasteiger partial charge is 0.250 e. The lowest BCUT2D eigenvalue weighted by molar-refractivity contribution is -0.114. The summed E-state index contributed by atoms with van der Waals surface area (Å²) in [6.07, 6.45) is 4.95. The average molecular weight is 501 g/mol. The molecule has 6 nitrogen and oxygen atoms in total. The number of rotatable bonds is 7. The van der Waals surface area contributed by atoms with E-state index in [1.807, 2.05) is 43.3 Å². The number of anilines is 1. The van der Waals surface area contributed by atoms with Gasteiger partial charge in [-0.2, -0.15) is 0 Å². The number of likely N-dealkylation sites (N-methyl/N-ethyl adjacent to an activating group) is 1. The van der Waals surface area contributed by atoms with Crippen molar-refractivity contribution in [2.45, 2.75) is 12.8 Å². The van der Waals surface area contributed by atoms with Crippen molar-refractivity contribution in [1.29, 1.82) is 0 Å². The van der Waals surface area contributed by atoms with E-state index in [4.69, 9.17) is 16.3 Å². The maximum Gasteiger partial charge on any atom is 0.250 e. The van der Waals surface area contributed by atoms with Crippen LogP contribution in [0.15, 0.2) is 67.4 Å². The third-order valence-corrected chi connectivity index (χ3v) is 6.84. The molecule has 7 heteroatoms. The van der Waals surface area contributed by atoms with Gasteiger partial charge >= 0.3 is 0 Å². The van der Waals surface area contributed by atoms with Gasteiger partial charge in [-0.25, -0.2) is 4.98 Å². The largest absolute Gasteiger partial charge is 0.492 e. The normalized spacial score (nSPS) is 13.2. The van der Waals surface area contributed by atoms with E-state index in [2.05, 4.69) is 39.6 Å². The number of benzene rings is 2. The highest BCUT2D eigenvalue weighted by Gasteiger charge is 2.24. The molecule has 0 spiro atoms. The highest BCUT2D eigenvalue weighted by molar-refractivity contribution is 6.36. The Morgan fingerprint density at radius 1 is 1.19 bits per heavy atom. The van der Waals surface area contributed by atoms with Crippen molar-refractivity contribution < 1.29 is 9.53 Å². The zero-order valence-electron chi connectivity index (χ0n) is 20.6. The molecule has 0 bridgehead atoms. The summed E-state index contributed by atoms with van der Waals surface area (Å²) in [5, 5.41) is 1.48. The minimum Gasteiger partial charge on any atom is -0.492 e. The van der Waals surface area contributed by atoms with Crippen molar-refractivity contribution in [3.05, 3.63) is 78.0 Å². The number of H-pyrrole nitrogens is 1. The molecule has 2 aromatic carbocycles. The minimum atomic E-state index is -0.0863. The number of amides is 1. The van der Waals surface area contributed by atoms with E-state index in [9.17, 15) is 4.79 Å². The Labute approximate surface area is 216 Å². The van der Waals surface area contributed by atoms with E-state index in [-0.39, 0.29) is 5.91 Å². The number of pyridine rings is 1. The SMILES string of the molecule is C=CC(=O)N1CCCc2ccc(-c3c(-c4ccc(OCCN(C)C)cc4)[nH]c4nccc(Cl)c34)cc21. The summed E-state index contributed by atoms with van der Waals surface area (Å²) in [4.78, 5) is 24.5. The molecule has 0 atom stereocenters. The lowest BCUT2D eigenvalue weighted by atomic mass is 9.94. The molecule has 0 aliphatic carbocycles. The molecule has 2 aromatic heterocycles. The molecular weight excluding hydrogens is 472 g/mol. The summed E-state index contributed by atoms with van der Waals surface area (Å²) in [7, 11) is 4.05. The van der Waals surface area contributed by atoms with Gasteiger partial charge in [0.25, 0.3) is 0 Å². The maximum absolute atomic E-state index is 12.6. The van der Waals surface area contributed by atoms with E-state index in [0.29, 0.717) is 18.2 Å². The fourth-order valence-corrected chi connectivity index (χ4v) is 4.96. The van der Waals surface area contributed by atoms with Gasteiger partial charge in [-0.1, -0.05) is 30.3 Å². The highest BCUT2D eigenvalue weighted by atomic mass is 35.5. The molecule has 0 radical (unpaired) electrons. The highest BCUT2D eigenvalue weighted by Crippen LogP contribution is 2.43. The Balaban J connectivity index is 1.61. The van der Waals surface area contributed by atoms with Crippen LogP contribution in [0.2, 0.25) is 5.02 Å². The van der Waals surface area contributed by atoms with Gasteiger partial charge < -0.3 is 19.5 Å². The quantitative estimate of drug-likeness (QED) is 0.318. The Morgan fingerprint density at radius 3 is 2.72 bits per heavy atom. The third kappa shape index (κ3) is 4.62. The zero-order valence-corrected chi connectivity index (χ0v) is 21.3. The van der Waals surface area contributed by atoms with Gasteiger partial charge in [0.15, 0.2) is 0 Å². The second kappa shape index (κ2) is 10.2. The third-order valence-electron chi connectivity index (χ3n) is 6.53. The summed E-state index contributed by atoms with van der Waals surface area (Å²) < 4.78 is 5.88. The van der Waals surface area contributed by atoms with Crippen molar-refractivity contribution in [3.63, 3.8) is 0 Å². The number of fused-ring (bicyclic) bond motifs is 2. The van der Waals surface area contributed by atoms with Gasteiger partial charge in [0.05, 0.1) is 10.7 Å². The van der Waals surface area contributed by atoms with Crippen molar-refractivity contribution in [2.75, 3.05) is 38.7 Å². The van der Waals surface area contributed by atoms with Crippen LogP contribution in [0.5, 0.6) is 5.75 Å². The van der Waals surface area contributed by atoms with Gasteiger partial charge in [-0.3, -0.25) is 4.79 Å². The number of ether oxygens (including phenoxy) is 1. The van der Waals surface area contributed by atoms with Gasteiger partial charge in [-0.15, -0.1) is 0 Å². The fraction of sp³-hybridized carbons (Fsp3) is 0.241. The van der Waals surface area contributed by atoms with Crippen molar-refractivity contribution in [2.24, 2.45) is 0 Å². The number of hydrogen-bond donors (Lipinski definition) is 1. The maximum atomic E-state index is 12.6. The van der Waals surface area contributed by atoms with Crippen LogP contribution in [0.3, 0.4) is 0 Å². The molecule has 3 heterocycles. The summed E-state index contributed by atoms with van der Waals surface area (Å²) in [6.45, 7) is 5.84. The molecule has 184 valence electrons. The number of nitrogens with one attached hydrogen (secondary N) is 1. The fourth-order valence-electron chi connectivity index (χ4n) is 4.72. The topological polar surface area (TPSA) is 61.5 Å². The standard InChI is InChI=1S/C29H29ClN4O2/c1-4-25(35)34-15-5-6-19-7-8-21(18-24(19)34)26-27-23(30)13-14-31-29(27)32-28(26)20-9-11-22(12-10-20)36-17-16-33(2)3/h4,7-14,18H,1,5-6,15-17H2,2-3H3,(H,31,32). The summed E-state index contributed by atoms with van der Waals surface area (Å²) in [6, 6.07) is 16.1. The van der Waals surface area contributed by atoms with E-state index < -0.39 is 0 Å². The molecule has 0 saturated carbocycles. The molecule has 0 saturated heterocycles. The first-order valence-corrected chi connectivity index (χ1v) is 12.5. The number of nitrogens with zero attached hydrogens (tertiary/aromatic N) is 3. The lowest BCUT2D eigenvalue weighted by Crippen LogP contribution is -2.34. The Bertz CT molecular complexity index is 1430. The van der Waals surface area contributed by atoms with E-state index in [1.165, 1.54) is 6.08 Å².